The summed E-state index contributed by atoms with van der Waals surface area (Å²) in [6, 6.07) is 15.7. The third-order valence-corrected chi connectivity index (χ3v) is 5.00. The Morgan fingerprint density at radius 2 is 1.90 bits per heavy atom. The van der Waals surface area contributed by atoms with Crippen LogP contribution in [0.2, 0.25) is 0 Å². The Labute approximate surface area is 135 Å². The highest BCUT2D eigenvalue weighted by atomic mass is 79.9. The second kappa shape index (κ2) is 5.49. The van der Waals surface area contributed by atoms with Crippen LogP contribution in [0.25, 0.3) is 0 Å². The van der Waals surface area contributed by atoms with Gasteiger partial charge in [0, 0.05) is 10.2 Å². The molecule has 21 heavy (non-hydrogen) atoms. The quantitative estimate of drug-likeness (QED) is 0.717. The number of anilines is 1. The average molecular weight is 344 g/mol. The van der Waals surface area contributed by atoms with Crippen LogP contribution < -0.4 is 5.32 Å². The third-order valence-electron chi connectivity index (χ3n) is 4.54. The first-order valence-corrected chi connectivity index (χ1v) is 8.36. The van der Waals surface area contributed by atoms with Gasteiger partial charge in [-0.05, 0) is 60.1 Å². The first-order valence-electron chi connectivity index (χ1n) is 7.57. The topological polar surface area (TPSA) is 12.0 Å². The number of fused-ring (bicyclic) bond motifs is 1. The van der Waals surface area contributed by atoms with Gasteiger partial charge in [-0.15, -0.1) is 0 Å². The predicted octanol–water partition coefficient (Wildman–Crippen LogP) is 5.88. The number of benzene rings is 2. The molecule has 0 heterocycles. The van der Waals surface area contributed by atoms with Gasteiger partial charge in [-0.25, -0.2) is 0 Å². The molecule has 0 saturated carbocycles. The molecule has 0 bridgehead atoms. The Balaban J connectivity index is 1.99. The number of hydrogen-bond acceptors (Lipinski definition) is 1. The van der Waals surface area contributed by atoms with E-state index in [9.17, 15) is 0 Å². The number of nitrogens with one attached hydrogen (secondary N) is 1. The van der Waals surface area contributed by atoms with Crippen LogP contribution in [-0.2, 0) is 6.42 Å². The molecule has 0 radical (unpaired) electrons. The summed E-state index contributed by atoms with van der Waals surface area (Å²) in [7, 11) is 0. The maximum atomic E-state index is 3.78. The van der Waals surface area contributed by atoms with E-state index >= 15 is 0 Å². The fraction of sp³-hybridized carbons (Fsp3) is 0.368. The minimum Gasteiger partial charge on any atom is -0.378 e. The molecule has 1 N–H and O–H groups in total. The third kappa shape index (κ3) is 3.01. The molecule has 0 amide bonds. The van der Waals surface area contributed by atoms with Crippen molar-refractivity contribution in [3.05, 3.63) is 63.6 Å². The van der Waals surface area contributed by atoms with Crippen molar-refractivity contribution in [2.24, 2.45) is 5.41 Å². The Hall–Kier alpha value is -1.28. The van der Waals surface area contributed by atoms with Gasteiger partial charge in [-0.2, -0.15) is 0 Å². The highest BCUT2D eigenvalue weighted by Gasteiger charge is 2.35. The SMILES string of the molecule is Cc1cc(Br)cc(NC2c3ccccc3CCC2(C)C)c1. The molecule has 1 unspecified atom stereocenters. The molecule has 1 aliphatic rings. The summed E-state index contributed by atoms with van der Waals surface area (Å²) in [4.78, 5) is 0. The number of rotatable bonds is 2. The smallest absolute Gasteiger partial charge is 0.0567 e. The molecule has 0 saturated heterocycles. The minimum atomic E-state index is 0.255. The summed E-state index contributed by atoms with van der Waals surface area (Å²) >= 11 is 3.60. The Morgan fingerprint density at radius 3 is 2.67 bits per heavy atom. The van der Waals surface area contributed by atoms with E-state index in [1.807, 2.05) is 0 Å². The van der Waals surface area contributed by atoms with Crippen molar-refractivity contribution in [2.45, 2.75) is 39.7 Å². The lowest BCUT2D eigenvalue weighted by molar-refractivity contribution is 0.265. The van der Waals surface area contributed by atoms with Gasteiger partial charge in [0.1, 0.15) is 0 Å². The van der Waals surface area contributed by atoms with E-state index in [0.29, 0.717) is 6.04 Å². The van der Waals surface area contributed by atoms with Crippen LogP contribution in [-0.4, -0.2) is 0 Å². The van der Waals surface area contributed by atoms with E-state index in [0.717, 1.165) is 4.47 Å². The molecule has 0 aromatic heterocycles. The molecule has 1 atom stereocenters. The summed E-state index contributed by atoms with van der Waals surface area (Å²) in [6.45, 7) is 6.87. The van der Waals surface area contributed by atoms with Gasteiger partial charge >= 0.3 is 0 Å². The van der Waals surface area contributed by atoms with Crippen LogP contribution in [0.5, 0.6) is 0 Å². The van der Waals surface area contributed by atoms with E-state index in [1.54, 1.807) is 0 Å². The van der Waals surface area contributed by atoms with Crippen LogP contribution in [0, 0.1) is 12.3 Å². The zero-order chi connectivity index (χ0) is 15.0. The Bertz CT molecular complexity index is 640. The van der Waals surface area contributed by atoms with Crippen molar-refractivity contribution in [1.29, 1.82) is 0 Å². The lowest BCUT2D eigenvalue weighted by Crippen LogP contribution is -2.33. The molecule has 3 rings (SSSR count). The maximum Gasteiger partial charge on any atom is 0.0567 e. The highest BCUT2D eigenvalue weighted by molar-refractivity contribution is 9.10. The second-order valence-corrected chi connectivity index (χ2v) is 7.70. The average Bonchev–Trinajstić information content (AvgIpc) is 2.41. The molecule has 0 fully saturated rings. The Kier molecular flexibility index (Phi) is 3.83. The van der Waals surface area contributed by atoms with E-state index in [4.69, 9.17) is 0 Å². The molecular formula is C19H22BrN. The molecule has 110 valence electrons. The van der Waals surface area contributed by atoms with E-state index in [2.05, 4.69) is 84.5 Å². The van der Waals surface area contributed by atoms with Gasteiger partial charge in [0.15, 0.2) is 0 Å². The molecule has 0 aliphatic heterocycles. The lowest BCUT2D eigenvalue weighted by Gasteiger charge is -2.41. The molecule has 1 aliphatic carbocycles. The largest absolute Gasteiger partial charge is 0.378 e. The number of aryl methyl sites for hydroxylation is 2. The number of hydrogen-bond donors (Lipinski definition) is 1. The van der Waals surface area contributed by atoms with Crippen LogP contribution in [0.4, 0.5) is 5.69 Å². The fourth-order valence-corrected chi connectivity index (χ4v) is 3.93. The lowest BCUT2D eigenvalue weighted by atomic mass is 9.70. The zero-order valence-electron chi connectivity index (χ0n) is 12.9. The zero-order valence-corrected chi connectivity index (χ0v) is 14.5. The summed E-state index contributed by atoms with van der Waals surface area (Å²) < 4.78 is 1.13. The van der Waals surface area contributed by atoms with Crippen molar-refractivity contribution < 1.29 is 0 Å². The standard InChI is InChI=1S/C19H22BrN/c1-13-10-15(20)12-16(11-13)21-18-17-7-5-4-6-14(17)8-9-19(18,2)3/h4-7,10-12,18,21H,8-9H2,1-3H3. The maximum absolute atomic E-state index is 3.78. The van der Waals surface area contributed by atoms with Gasteiger partial charge in [0.2, 0.25) is 0 Å². The van der Waals surface area contributed by atoms with Crippen molar-refractivity contribution in [1.82, 2.24) is 0 Å². The second-order valence-electron chi connectivity index (χ2n) is 6.78. The van der Waals surface area contributed by atoms with Crippen molar-refractivity contribution in [3.8, 4) is 0 Å². The molecule has 2 aromatic carbocycles. The van der Waals surface area contributed by atoms with Gasteiger partial charge in [0.25, 0.3) is 0 Å². The van der Waals surface area contributed by atoms with E-state index in [-0.39, 0.29) is 5.41 Å². The highest BCUT2D eigenvalue weighted by Crippen LogP contribution is 2.45. The predicted molar refractivity (Wildman–Crippen MR) is 93.8 cm³/mol. The Morgan fingerprint density at radius 1 is 1.14 bits per heavy atom. The molecule has 1 nitrogen and oxygen atoms in total. The fourth-order valence-electron chi connectivity index (χ4n) is 3.33. The van der Waals surface area contributed by atoms with Crippen molar-refractivity contribution >= 4 is 21.6 Å². The molecule has 2 aromatic rings. The molecule has 2 heteroatoms. The van der Waals surface area contributed by atoms with Gasteiger partial charge < -0.3 is 5.32 Å². The van der Waals surface area contributed by atoms with E-state index in [1.165, 1.54) is 35.2 Å². The molecule has 0 spiro atoms. The first kappa shape index (κ1) is 14.6. The molecular weight excluding hydrogens is 322 g/mol. The van der Waals surface area contributed by atoms with Crippen LogP contribution in [0.3, 0.4) is 0 Å². The first-order chi connectivity index (χ1) is 9.95. The van der Waals surface area contributed by atoms with Gasteiger partial charge in [-0.3, -0.25) is 0 Å². The summed E-state index contributed by atoms with van der Waals surface area (Å²) in [5.74, 6) is 0. The summed E-state index contributed by atoms with van der Waals surface area (Å²) in [5, 5.41) is 3.78. The van der Waals surface area contributed by atoms with Crippen LogP contribution in [0.1, 0.15) is 43.0 Å². The van der Waals surface area contributed by atoms with Crippen molar-refractivity contribution in [3.63, 3.8) is 0 Å². The monoisotopic (exact) mass is 343 g/mol. The van der Waals surface area contributed by atoms with Crippen molar-refractivity contribution in [2.75, 3.05) is 5.32 Å². The van der Waals surface area contributed by atoms with Gasteiger partial charge in [0.05, 0.1) is 6.04 Å². The normalized spacial score (nSPS) is 19.9. The summed E-state index contributed by atoms with van der Waals surface area (Å²) in [6.07, 6.45) is 2.40. The van der Waals surface area contributed by atoms with E-state index < -0.39 is 0 Å². The van der Waals surface area contributed by atoms with Crippen LogP contribution in [0.15, 0.2) is 46.9 Å². The van der Waals surface area contributed by atoms with Crippen LogP contribution >= 0.6 is 15.9 Å². The number of halogens is 1. The van der Waals surface area contributed by atoms with Gasteiger partial charge in [-0.1, -0.05) is 54.0 Å². The minimum absolute atomic E-state index is 0.255. The summed E-state index contributed by atoms with van der Waals surface area (Å²) in [5.41, 5.74) is 5.66.